The van der Waals surface area contributed by atoms with Gasteiger partial charge in [0.1, 0.15) is 12.1 Å². The average molecular weight is 254 g/mol. The first-order valence-corrected chi connectivity index (χ1v) is 6.72. The molecule has 4 nitrogen and oxygen atoms in total. The van der Waals surface area contributed by atoms with Gasteiger partial charge in [0.05, 0.1) is 0 Å². The summed E-state index contributed by atoms with van der Waals surface area (Å²) in [4.78, 5) is 26.1. The molecular weight excluding hydrogens is 228 g/mol. The fourth-order valence-corrected chi connectivity index (χ4v) is 2.24. The third-order valence-corrected chi connectivity index (χ3v) is 3.10. The fraction of sp³-hybridized carbons (Fsp3) is 0.857. The monoisotopic (exact) mass is 254 g/mol. The second kappa shape index (κ2) is 5.29. The van der Waals surface area contributed by atoms with Crippen LogP contribution in [0.15, 0.2) is 0 Å². The molecule has 1 N–H and O–H groups in total. The van der Waals surface area contributed by atoms with Gasteiger partial charge in [0.25, 0.3) is 0 Å². The Morgan fingerprint density at radius 1 is 1.28 bits per heavy atom. The standard InChI is InChI=1S/C14H26N2O2/c1-9(2)7-11-13(18)16(8-14(4,5)6)10(3)12(17)15-11/h9-11H,7-8H2,1-6H3,(H,15,17). The van der Waals surface area contributed by atoms with E-state index in [9.17, 15) is 9.59 Å². The van der Waals surface area contributed by atoms with E-state index in [-0.39, 0.29) is 29.3 Å². The van der Waals surface area contributed by atoms with Crippen LogP contribution in [0.5, 0.6) is 0 Å². The lowest BCUT2D eigenvalue weighted by molar-refractivity contribution is -0.150. The first kappa shape index (κ1) is 15.0. The molecule has 1 aliphatic heterocycles. The van der Waals surface area contributed by atoms with E-state index in [1.54, 1.807) is 11.8 Å². The molecule has 104 valence electrons. The number of carbonyl (C=O) groups is 2. The molecule has 1 saturated heterocycles. The Kier molecular flexibility index (Phi) is 4.41. The second-order valence-corrected chi connectivity index (χ2v) is 6.89. The van der Waals surface area contributed by atoms with Gasteiger partial charge in [0, 0.05) is 6.54 Å². The molecule has 1 aliphatic rings. The summed E-state index contributed by atoms with van der Waals surface area (Å²) in [6, 6.07) is -0.712. The Balaban J connectivity index is 2.85. The van der Waals surface area contributed by atoms with Crippen LogP contribution in [0.3, 0.4) is 0 Å². The van der Waals surface area contributed by atoms with Crippen molar-refractivity contribution in [3.63, 3.8) is 0 Å². The van der Waals surface area contributed by atoms with E-state index in [1.165, 1.54) is 0 Å². The van der Waals surface area contributed by atoms with Crippen molar-refractivity contribution in [2.24, 2.45) is 11.3 Å². The Morgan fingerprint density at radius 2 is 1.83 bits per heavy atom. The van der Waals surface area contributed by atoms with E-state index in [0.29, 0.717) is 18.9 Å². The van der Waals surface area contributed by atoms with Crippen molar-refractivity contribution in [1.29, 1.82) is 0 Å². The summed E-state index contributed by atoms with van der Waals surface area (Å²) in [5, 5.41) is 2.83. The van der Waals surface area contributed by atoms with Crippen LogP contribution in [-0.4, -0.2) is 35.3 Å². The molecule has 0 aromatic rings. The molecule has 2 atom stereocenters. The molecule has 0 spiro atoms. The van der Waals surface area contributed by atoms with E-state index < -0.39 is 0 Å². The molecular formula is C14H26N2O2. The summed E-state index contributed by atoms with van der Waals surface area (Å²) in [5.41, 5.74) is 0.00389. The van der Waals surface area contributed by atoms with Crippen molar-refractivity contribution in [2.75, 3.05) is 6.54 Å². The highest BCUT2D eigenvalue weighted by molar-refractivity contribution is 5.96. The minimum Gasteiger partial charge on any atom is -0.343 e. The summed E-state index contributed by atoms with van der Waals surface area (Å²) in [6.07, 6.45) is 0.706. The molecule has 0 aromatic carbocycles. The van der Waals surface area contributed by atoms with E-state index in [1.807, 2.05) is 0 Å². The molecule has 1 rings (SSSR count). The number of nitrogens with one attached hydrogen (secondary N) is 1. The Hall–Kier alpha value is -1.06. The summed E-state index contributed by atoms with van der Waals surface area (Å²) < 4.78 is 0. The largest absolute Gasteiger partial charge is 0.343 e. The average Bonchev–Trinajstić information content (AvgIpc) is 2.19. The Bertz CT molecular complexity index is 331. The van der Waals surface area contributed by atoms with Crippen LogP contribution in [-0.2, 0) is 9.59 Å². The number of amides is 2. The normalized spacial score (nSPS) is 25.6. The van der Waals surface area contributed by atoms with Crippen LogP contribution >= 0.6 is 0 Å². The molecule has 2 unspecified atom stereocenters. The van der Waals surface area contributed by atoms with Crippen molar-refractivity contribution >= 4 is 11.8 Å². The quantitative estimate of drug-likeness (QED) is 0.835. The SMILES string of the molecule is CC(C)CC1NC(=O)C(C)N(CC(C)(C)C)C1=O. The van der Waals surface area contributed by atoms with Gasteiger partial charge in [-0.15, -0.1) is 0 Å². The van der Waals surface area contributed by atoms with Crippen LogP contribution in [0.25, 0.3) is 0 Å². The Morgan fingerprint density at radius 3 is 2.28 bits per heavy atom. The van der Waals surface area contributed by atoms with Crippen molar-refractivity contribution < 1.29 is 9.59 Å². The number of hydrogen-bond acceptors (Lipinski definition) is 2. The Labute approximate surface area is 110 Å². The second-order valence-electron chi connectivity index (χ2n) is 6.89. The maximum absolute atomic E-state index is 12.4. The number of nitrogens with zero attached hydrogens (tertiary/aromatic N) is 1. The molecule has 18 heavy (non-hydrogen) atoms. The molecule has 4 heteroatoms. The number of carbonyl (C=O) groups excluding carboxylic acids is 2. The van der Waals surface area contributed by atoms with Gasteiger partial charge in [-0.25, -0.2) is 0 Å². The molecule has 1 heterocycles. The zero-order valence-electron chi connectivity index (χ0n) is 12.4. The van der Waals surface area contributed by atoms with Crippen LogP contribution in [0, 0.1) is 11.3 Å². The predicted molar refractivity (Wildman–Crippen MR) is 72.0 cm³/mol. The lowest BCUT2D eigenvalue weighted by atomic mass is 9.92. The van der Waals surface area contributed by atoms with Crippen molar-refractivity contribution in [2.45, 2.75) is 60.0 Å². The molecule has 0 aliphatic carbocycles. The summed E-state index contributed by atoms with van der Waals surface area (Å²) in [6.45, 7) is 12.8. The van der Waals surface area contributed by atoms with Gasteiger partial charge in [-0.05, 0) is 24.7 Å². The van der Waals surface area contributed by atoms with Gasteiger partial charge in [0.2, 0.25) is 11.8 Å². The van der Waals surface area contributed by atoms with Gasteiger partial charge < -0.3 is 10.2 Å². The zero-order valence-corrected chi connectivity index (χ0v) is 12.4. The highest BCUT2D eigenvalue weighted by Gasteiger charge is 2.39. The maximum atomic E-state index is 12.4. The molecule has 0 saturated carbocycles. The molecule has 2 amide bonds. The van der Waals surface area contributed by atoms with Gasteiger partial charge >= 0.3 is 0 Å². The first-order valence-electron chi connectivity index (χ1n) is 6.72. The van der Waals surface area contributed by atoms with Gasteiger partial charge in [0.15, 0.2) is 0 Å². The van der Waals surface area contributed by atoms with Gasteiger partial charge in [-0.1, -0.05) is 34.6 Å². The smallest absolute Gasteiger partial charge is 0.245 e. The van der Waals surface area contributed by atoms with Crippen LogP contribution < -0.4 is 5.32 Å². The van der Waals surface area contributed by atoms with Crippen molar-refractivity contribution in [3.05, 3.63) is 0 Å². The highest BCUT2D eigenvalue weighted by Crippen LogP contribution is 2.22. The molecule has 0 aromatic heterocycles. The van der Waals surface area contributed by atoms with E-state index in [2.05, 4.69) is 39.9 Å². The molecule has 0 bridgehead atoms. The minimum absolute atomic E-state index is 0.00389. The molecule has 0 radical (unpaired) electrons. The van der Waals surface area contributed by atoms with Crippen LogP contribution in [0.1, 0.15) is 48.0 Å². The first-order chi connectivity index (χ1) is 8.11. The molecule has 1 fully saturated rings. The number of hydrogen-bond donors (Lipinski definition) is 1. The third kappa shape index (κ3) is 3.72. The predicted octanol–water partition coefficient (Wildman–Crippen LogP) is 1.79. The van der Waals surface area contributed by atoms with E-state index >= 15 is 0 Å². The lowest BCUT2D eigenvalue weighted by Gasteiger charge is -2.40. The van der Waals surface area contributed by atoms with Crippen molar-refractivity contribution in [1.82, 2.24) is 10.2 Å². The number of rotatable bonds is 3. The van der Waals surface area contributed by atoms with Crippen LogP contribution in [0.2, 0.25) is 0 Å². The van der Waals surface area contributed by atoms with Gasteiger partial charge in [-0.3, -0.25) is 9.59 Å². The highest BCUT2D eigenvalue weighted by atomic mass is 16.2. The van der Waals surface area contributed by atoms with E-state index in [0.717, 1.165) is 0 Å². The van der Waals surface area contributed by atoms with Gasteiger partial charge in [-0.2, -0.15) is 0 Å². The summed E-state index contributed by atoms with van der Waals surface area (Å²) in [5.74, 6) is 0.416. The minimum atomic E-state index is -0.361. The van der Waals surface area contributed by atoms with Crippen molar-refractivity contribution in [3.8, 4) is 0 Å². The fourth-order valence-electron chi connectivity index (χ4n) is 2.24. The topological polar surface area (TPSA) is 49.4 Å². The van der Waals surface area contributed by atoms with E-state index in [4.69, 9.17) is 0 Å². The number of piperazine rings is 1. The summed E-state index contributed by atoms with van der Waals surface area (Å²) in [7, 11) is 0. The lowest BCUT2D eigenvalue weighted by Crippen LogP contribution is -2.63. The van der Waals surface area contributed by atoms with Crippen LogP contribution in [0.4, 0.5) is 0 Å². The zero-order chi connectivity index (χ0) is 14.1. The summed E-state index contributed by atoms with van der Waals surface area (Å²) >= 11 is 0. The maximum Gasteiger partial charge on any atom is 0.245 e. The third-order valence-electron chi connectivity index (χ3n) is 3.10.